The molecule has 6 nitrogen and oxygen atoms in total. The van der Waals surface area contributed by atoms with E-state index in [0.29, 0.717) is 17.2 Å². The summed E-state index contributed by atoms with van der Waals surface area (Å²) >= 11 is 1.52. The SMILES string of the molecule is O=C(CNc1nc2ccccc2s1)Nc1ccc2c(c1)OCO2. The smallest absolute Gasteiger partial charge is 0.243 e. The fourth-order valence-electron chi connectivity index (χ4n) is 2.28. The molecule has 1 aliphatic heterocycles. The van der Waals surface area contributed by atoms with Crippen molar-refractivity contribution < 1.29 is 14.3 Å². The van der Waals surface area contributed by atoms with Crippen LogP contribution in [-0.4, -0.2) is 24.2 Å². The first-order chi connectivity index (χ1) is 11.3. The van der Waals surface area contributed by atoms with E-state index < -0.39 is 0 Å². The van der Waals surface area contributed by atoms with Crippen LogP contribution in [0.15, 0.2) is 42.5 Å². The van der Waals surface area contributed by atoms with Gasteiger partial charge >= 0.3 is 0 Å². The Bertz CT molecular complexity index is 845. The molecule has 2 N–H and O–H groups in total. The van der Waals surface area contributed by atoms with Crippen molar-refractivity contribution in [3.8, 4) is 11.5 Å². The van der Waals surface area contributed by atoms with Crippen molar-refractivity contribution in [2.45, 2.75) is 0 Å². The van der Waals surface area contributed by atoms with E-state index in [0.717, 1.165) is 15.3 Å². The van der Waals surface area contributed by atoms with Gasteiger partial charge in [-0.3, -0.25) is 4.79 Å². The Labute approximate surface area is 136 Å². The summed E-state index contributed by atoms with van der Waals surface area (Å²) in [5.41, 5.74) is 1.60. The number of para-hydroxylation sites is 1. The normalized spacial score (nSPS) is 12.3. The molecule has 3 aromatic rings. The number of nitrogens with zero attached hydrogens (tertiary/aromatic N) is 1. The number of aromatic nitrogens is 1. The molecule has 0 radical (unpaired) electrons. The second-order valence-electron chi connectivity index (χ2n) is 4.96. The standard InChI is InChI=1S/C16H13N3O3S/c20-15(18-10-5-6-12-13(7-10)22-9-21-12)8-17-16-19-11-3-1-2-4-14(11)23-16/h1-7H,8-9H2,(H,17,19)(H,18,20). The molecule has 0 spiro atoms. The lowest BCUT2D eigenvalue weighted by molar-refractivity contribution is -0.114. The summed E-state index contributed by atoms with van der Waals surface area (Å²) in [4.78, 5) is 16.5. The molecule has 0 unspecified atom stereocenters. The largest absolute Gasteiger partial charge is 0.454 e. The number of hydrogen-bond acceptors (Lipinski definition) is 6. The summed E-state index contributed by atoms with van der Waals surface area (Å²) in [7, 11) is 0. The summed E-state index contributed by atoms with van der Waals surface area (Å²) in [6.07, 6.45) is 0. The monoisotopic (exact) mass is 327 g/mol. The van der Waals surface area contributed by atoms with Gasteiger partial charge < -0.3 is 20.1 Å². The van der Waals surface area contributed by atoms with Gasteiger partial charge in [0.15, 0.2) is 16.6 Å². The molecule has 0 bridgehead atoms. The van der Waals surface area contributed by atoms with E-state index in [2.05, 4.69) is 15.6 Å². The van der Waals surface area contributed by atoms with E-state index >= 15 is 0 Å². The Kier molecular flexibility index (Phi) is 3.47. The van der Waals surface area contributed by atoms with Crippen LogP contribution in [0.4, 0.5) is 10.8 Å². The highest BCUT2D eigenvalue weighted by molar-refractivity contribution is 7.22. The fraction of sp³-hybridized carbons (Fsp3) is 0.125. The quantitative estimate of drug-likeness (QED) is 0.770. The number of nitrogens with one attached hydrogen (secondary N) is 2. The van der Waals surface area contributed by atoms with Gasteiger partial charge in [-0.05, 0) is 24.3 Å². The van der Waals surface area contributed by atoms with Crippen molar-refractivity contribution in [1.82, 2.24) is 4.98 Å². The first kappa shape index (κ1) is 13.8. The number of ether oxygens (including phenoxy) is 2. The molecule has 1 aliphatic rings. The van der Waals surface area contributed by atoms with Gasteiger partial charge in [0.1, 0.15) is 0 Å². The average molecular weight is 327 g/mol. The number of fused-ring (bicyclic) bond motifs is 2. The maximum Gasteiger partial charge on any atom is 0.243 e. The maximum atomic E-state index is 12.0. The lowest BCUT2D eigenvalue weighted by atomic mass is 10.3. The van der Waals surface area contributed by atoms with Crippen molar-refractivity contribution in [2.24, 2.45) is 0 Å². The molecule has 1 amide bonds. The average Bonchev–Trinajstić information content (AvgIpc) is 3.18. The fourth-order valence-corrected chi connectivity index (χ4v) is 3.14. The predicted octanol–water partition coefficient (Wildman–Crippen LogP) is 3.08. The molecular formula is C16H13N3O3S. The van der Waals surface area contributed by atoms with Crippen LogP contribution in [0.2, 0.25) is 0 Å². The number of carbonyl (C=O) groups is 1. The zero-order valence-corrected chi connectivity index (χ0v) is 12.9. The van der Waals surface area contributed by atoms with Gasteiger partial charge in [-0.2, -0.15) is 0 Å². The van der Waals surface area contributed by atoms with Gasteiger partial charge in [-0.15, -0.1) is 0 Å². The molecule has 2 aromatic carbocycles. The Hall–Kier alpha value is -2.80. The molecule has 23 heavy (non-hydrogen) atoms. The number of amides is 1. The lowest BCUT2D eigenvalue weighted by Crippen LogP contribution is -2.21. The van der Waals surface area contributed by atoms with Crippen LogP contribution < -0.4 is 20.1 Å². The Morgan fingerprint density at radius 2 is 2.04 bits per heavy atom. The Morgan fingerprint density at radius 1 is 1.17 bits per heavy atom. The van der Waals surface area contributed by atoms with Crippen LogP contribution >= 0.6 is 11.3 Å². The van der Waals surface area contributed by atoms with Gasteiger partial charge in [0, 0.05) is 11.8 Å². The first-order valence-corrected chi connectivity index (χ1v) is 7.88. The van der Waals surface area contributed by atoms with E-state index in [4.69, 9.17) is 9.47 Å². The van der Waals surface area contributed by atoms with Crippen LogP contribution in [0.1, 0.15) is 0 Å². The van der Waals surface area contributed by atoms with Gasteiger partial charge in [0.05, 0.1) is 16.8 Å². The molecule has 0 aliphatic carbocycles. The topological polar surface area (TPSA) is 72.5 Å². The van der Waals surface area contributed by atoms with Crippen LogP contribution in [-0.2, 0) is 4.79 Å². The van der Waals surface area contributed by atoms with E-state index in [1.165, 1.54) is 11.3 Å². The maximum absolute atomic E-state index is 12.0. The van der Waals surface area contributed by atoms with Crippen LogP contribution in [0.3, 0.4) is 0 Å². The van der Waals surface area contributed by atoms with Crippen molar-refractivity contribution in [2.75, 3.05) is 24.0 Å². The van der Waals surface area contributed by atoms with Crippen LogP contribution in [0.25, 0.3) is 10.2 Å². The third kappa shape index (κ3) is 2.91. The summed E-state index contributed by atoms with van der Waals surface area (Å²) in [5, 5.41) is 6.59. The summed E-state index contributed by atoms with van der Waals surface area (Å²) < 4.78 is 11.6. The molecule has 0 atom stereocenters. The second kappa shape index (κ2) is 5.77. The second-order valence-corrected chi connectivity index (χ2v) is 5.99. The molecule has 2 heterocycles. The minimum absolute atomic E-state index is 0.147. The predicted molar refractivity (Wildman–Crippen MR) is 89.3 cm³/mol. The lowest BCUT2D eigenvalue weighted by Gasteiger charge is -2.06. The van der Waals surface area contributed by atoms with Crippen LogP contribution in [0, 0.1) is 0 Å². The minimum atomic E-state index is -0.150. The molecule has 1 aromatic heterocycles. The Balaban J connectivity index is 1.38. The molecule has 116 valence electrons. The summed E-state index contributed by atoms with van der Waals surface area (Å²) in [5.74, 6) is 1.18. The molecule has 4 rings (SSSR count). The molecule has 0 saturated heterocycles. The first-order valence-electron chi connectivity index (χ1n) is 7.07. The molecular weight excluding hydrogens is 314 g/mol. The Morgan fingerprint density at radius 3 is 2.96 bits per heavy atom. The summed E-state index contributed by atoms with van der Waals surface area (Å²) in [6.45, 7) is 0.361. The van der Waals surface area contributed by atoms with Crippen LogP contribution in [0.5, 0.6) is 11.5 Å². The highest BCUT2D eigenvalue weighted by atomic mass is 32.1. The highest BCUT2D eigenvalue weighted by Gasteiger charge is 2.14. The number of anilines is 2. The van der Waals surface area contributed by atoms with E-state index in [1.807, 2.05) is 24.3 Å². The number of benzene rings is 2. The van der Waals surface area contributed by atoms with Crippen molar-refractivity contribution in [3.05, 3.63) is 42.5 Å². The number of hydrogen-bond donors (Lipinski definition) is 2. The number of rotatable bonds is 4. The summed E-state index contributed by atoms with van der Waals surface area (Å²) in [6, 6.07) is 13.2. The minimum Gasteiger partial charge on any atom is -0.454 e. The molecule has 0 saturated carbocycles. The number of carbonyl (C=O) groups excluding carboxylic acids is 1. The van der Waals surface area contributed by atoms with Gasteiger partial charge in [0.2, 0.25) is 12.7 Å². The van der Waals surface area contributed by atoms with E-state index in [1.54, 1.807) is 18.2 Å². The zero-order chi connectivity index (χ0) is 15.6. The highest BCUT2D eigenvalue weighted by Crippen LogP contribution is 2.34. The van der Waals surface area contributed by atoms with Gasteiger partial charge in [0.25, 0.3) is 0 Å². The zero-order valence-electron chi connectivity index (χ0n) is 12.0. The van der Waals surface area contributed by atoms with Gasteiger partial charge in [-0.1, -0.05) is 23.5 Å². The van der Waals surface area contributed by atoms with E-state index in [-0.39, 0.29) is 19.2 Å². The van der Waals surface area contributed by atoms with Crippen molar-refractivity contribution in [3.63, 3.8) is 0 Å². The third-order valence-corrected chi connectivity index (χ3v) is 4.34. The van der Waals surface area contributed by atoms with E-state index in [9.17, 15) is 4.79 Å². The number of thiazole rings is 1. The molecule has 0 fully saturated rings. The van der Waals surface area contributed by atoms with Crippen molar-refractivity contribution >= 4 is 38.3 Å². The van der Waals surface area contributed by atoms with Crippen molar-refractivity contribution in [1.29, 1.82) is 0 Å². The van der Waals surface area contributed by atoms with Gasteiger partial charge in [-0.25, -0.2) is 4.98 Å². The third-order valence-electron chi connectivity index (χ3n) is 3.35. The molecule has 7 heteroatoms.